The van der Waals surface area contributed by atoms with Crippen molar-refractivity contribution < 1.29 is 19.0 Å². The van der Waals surface area contributed by atoms with Gasteiger partial charge in [-0.15, -0.1) is 0 Å². The van der Waals surface area contributed by atoms with Crippen LogP contribution in [0.15, 0.2) is 24.4 Å². The molecule has 2 rings (SSSR count). The van der Waals surface area contributed by atoms with Gasteiger partial charge in [0, 0.05) is 37.8 Å². The van der Waals surface area contributed by atoms with Crippen molar-refractivity contribution in [2.75, 3.05) is 32.7 Å². The highest BCUT2D eigenvalue weighted by Gasteiger charge is 2.02. The molecule has 0 atom stereocenters. The number of methoxy groups -OCH3 is 1. The molecule has 21 heavy (non-hydrogen) atoms. The van der Waals surface area contributed by atoms with Gasteiger partial charge in [0.25, 0.3) is 6.47 Å². The first kappa shape index (κ1) is 16.8. The molecule has 0 aliphatic rings. The van der Waals surface area contributed by atoms with Crippen LogP contribution in [0.5, 0.6) is 5.75 Å². The molecule has 6 heteroatoms. The lowest BCUT2D eigenvalue weighted by Gasteiger charge is -2.07. The number of aromatic nitrogens is 1. The topological polar surface area (TPSA) is 86.6 Å². The summed E-state index contributed by atoms with van der Waals surface area (Å²) in [4.78, 5) is 12.3. The van der Waals surface area contributed by atoms with Crippen LogP contribution in [0.25, 0.3) is 10.9 Å². The third-order valence-corrected chi connectivity index (χ3v) is 2.66. The Morgan fingerprint density at radius 2 is 2.14 bits per heavy atom. The fraction of sp³-hybridized carbons (Fsp3) is 0.400. The van der Waals surface area contributed by atoms with Gasteiger partial charge in [-0.3, -0.25) is 4.79 Å². The summed E-state index contributed by atoms with van der Waals surface area (Å²) >= 11 is 0. The first-order valence-electron chi connectivity index (χ1n) is 6.76. The van der Waals surface area contributed by atoms with Gasteiger partial charge in [-0.1, -0.05) is 0 Å². The number of nitrogens with two attached hydrogens (primary N) is 1. The summed E-state index contributed by atoms with van der Waals surface area (Å²) < 4.78 is 14.7. The van der Waals surface area contributed by atoms with E-state index in [1.54, 1.807) is 14.0 Å². The summed E-state index contributed by atoms with van der Waals surface area (Å²) in [5, 5.41) is 1.07. The first-order chi connectivity index (χ1) is 10.2. The van der Waals surface area contributed by atoms with E-state index < -0.39 is 0 Å². The van der Waals surface area contributed by atoms with E-state index in [-0.39, 0.29) is 0 Å². The number of nitrogens with one attached hydrogen (secondary N) is 1. The Balaban J connectivity index is 0.000000383. The lowest BCUT2D eigenvalue weighted by Crippen LogP contribution is -2.01. The molecular weight excluding hydrogens is 272 g/mol. The molecule has 6 nitrogen and oxygen atoms in total. The Hall–Kier alpha value is -2.21. The minimum Gasteiger partial charge on any atom is -0.493 e. The predicted octanol–water partition coefficient (Wildman–Crippen LogP) is 2.34. The second-order valence-corrected chi connectivity index (χ2v) is 4.20. The van der Waals surface area contributed by atoms with Crippen LogP contribution < -0.4 is 10.5 Å². The zero-order valence-electron chi connectivity index (χ0n) is 12.4. The Morgan fingerprint density at radius 3 is 2.76 bits per heavy atom. The third-order valence-electron chi connectivity index (χ3n) is 2.66. The molecule has 0 aliphatic carbocycles. The monoisotopic (exact) mass is 294 g/mol. The van der Waals surface area contributed by atoms with Crippen LogP contribution in [0.4, 0.5) is 5.69 Å². The van der Waals surface area contributed by atoms with E-state index in [1.807, 2.05) is 24.4 Å². The zero-order valence-corrected chi connectivity index (χ0v) is 12.4. The molecule has 116 valence electrons. The average molecular weight is 294 g/mol. The number of hydrogen-bond acceptors (Lipinski definition) is 5. The van der Waals surface area contributed by atoms with E-state index in [1.165, 1.54) is 0 Å². The first-order valence-corrected chi connectivity index (χ1v) is 6.76. The summed E-state index contributed by atoms with van der Waals surface area (Å²) in [5.41, 5.74) is 7.57. The van der Waals surface area contributed by atoms with Gasteiger partial charge in [0.15, 0.2) is 0 Å². The smallest absolute Gasteiger partial charge is 0.293 e. The fourth-order valence-corrected chi connectivity index (χ4v) is 1.72. The number of anilines is 1. The van der Waals surface area contributed by atoms with E-state index in [4.69, 9.17) is 15.2 Å². The Kier molecular flexibility index (Phi) is 7.74. The highest BCUT2D eigenvalue weighted by atomic mass is 16.5. The van der Waals surface area contributed by atoms with E-state index in [2.05, 4.69) is 9.72 Å². The van der Waals surface area contributed by atoms with Crippen LogP contribution in [0.2, 0.25) is 0 Å². The second-order valence-electron chi connectivity index (χ2n) is 4.20. The highest BCUT2D eigenvalue weighted by molar-refractivity contribution is 5.91. The lowest BCUT2D eigenvalue weighted by atomic mass is 10.2. The zero-order chi connectivity index (χ0) is 15.5. The van der Waals surface area contributed by atoms with E-state index >= 15 is 0 Å². The number of ether oxygens (including phenoxy) is 3. The van der Waals surface area contributed by atoms with Crippen LogP contribution in [0, 0.1) is 0 Å². The van der Waals surface area contributed by atoms with Gasteiger partial charge in [-0.2, -0.15) is 0 Å². The molecule has 0 saturated carbocycles. The number of benzene rings is 1. The molecule has 0 bridgehead atoms. The van der Waals surface area contributed by atoms with Gasteiger partial charge in [-0.25, -0.2) is 0 Å². The normalized spacial score (nSPS) is 9.81. The van der Waals surface area contributed by atoms with Crippen molar-refractivity contribution in [3.05, 3.63) is 24.4 Å². The number of nitrogen functional groups attached to an aromatic ring is 1. The number of hydrogen-bond donors (Lipinski definition) is 2. The average Bonchev–Trinajstić information content (AvgIpc) is 2.94. The van der Waals surface area contributed by atoms with Gasteiger partial charge in [0.2, 0.25) is 0 Å². The SMILES string of the molecule is CCOC=O.COCCCOc1cc(N)c2[nH]ccc2c1. The molecule has 3 N–H and O–H groups in total. The third kappa shape index (κ3) is 5.74. The molecular formula is C15H22N2O4. The maximum atomic E-state index is 9.18. The Morgan fingerprint density at radius 1 is 1.33 bits per heavy atom. The molecule has 1 heterocycles. The number of carbonyl (C=O) groups excluding carboxylic acids is 1. The van der Waals surface area contributed by atoms with Gasteiger partial charge in [-0.05, 0) is 19.1 Å². The van der Waals surface area contributed by atoms with E-state index in [0.717, 1.165) is 23.1 Å². The predicted molar refractivity (Wildman–Crippen MR) is 82.4 cm³/mol. The largest absolute Gasteiger partial charge is 0.493 e. The molecule has 0 unspecified atom stereocenters. The Labute approximate surface area is 124 Å². The molecule has 1 aromatic heterocycles. The van der Waals surface area contributed by atoms with Gasteiger partial charge in [0.1, 0.15) is 5.75 Å². The maximum Gasteiger partial charge on any atom is 0.293 e. The molecule has 2 aromatic rings. The molecule has 0 saturated heterocycles. The van der Waals surface area contributed by atoms with Crippen LogP contribution in [-0.4, -0.2) is 38.4 Å². The van der Waals surface area contributed by atoms with Crippen LogP contribution >= 0.6 is 0 Å². The van der Waals surface area contributed by atoms with Gasteiger partial charge >= 0.3 is 0 Å². The molecule has 0 radical (unpaired) electrons. The summed E-state index contributed by atoms with van der Waals surface area (Å²) in [6.45, 7) is 4.02. The summed E-state index contributed by atoms with van der Waals surface area (Å²) in [7, 11) is 1.68. The summed E-state index contributed by atoms with van der Waals surface area (Å²) in [5.74, 6) is 0.806. The van der Waals surface area contributed by atoms with Crippen LogP contribution in [0.1, 0.15) is 13.3 Å². The fourth-order valence-electron chi connectivity index (χ4n) is 1.72. The van der Waals surface area contributed by atoms with Crippen molar-refractivity contribution in [3.63, 3.8) is 0 Å². The van der Waals surface area contributed by atoms with Crippen molar-refractivity contribution in [1.82, 2.24) is 4.98 Å². The summed E-state index contributed by atoms with van der Waals surface area (Å²) in [6, 6.07) is 5.80. The number of aromatic amines is 1. The van der Waals surface area contributed by atoms with E-state index in [9.17, 15) is 4.79 Å². The van der Waals surface area contributed by atoms with Crippen LogP contribution in [0.3, 0.4) is 0 Å². The number of carbonyl (C=O) groups is 1. The van der Waals surface area contributed by atoms with Crippen molar-refractivity contribution >= 4 is 23.1 Å². The summed E-state index contributed by atoms with van der Waals surface area (Å²) in [6.07, 6.45) is 2.75. The molecule has 0 spiro atoms. The second kappa shape index (κ2) is 9.66. The minimum atomic E-state index is 0.431. The number of H-pyrrole nitrogens is 1. The molecule has 0 fully saturated rings. The quantitative estimate of drug-likeness (QED) is 0.465. The minimum absolute atomic E-state index is 0.431. The van der Waals surface area contributed by atoms with Crippen molar-refractivity contribution in [1.29, 1.82) is 0 Å². The maximum absolute atomic E-state index is 9.18. The van der Waals surface area contributed by atoms with Gasteiger partial charge in [0.05, 0.1) is 24.4 Å². The molecule has 0 aliphatic heterocycles. The lowest BCUT2D eigenvalue weighted by molar-refractivity contribution is -0.128. The van der Waals surface area contributed by atoms with Crippen molar-refractivity contribution in [2.45, 2.75) is 13.3 Å². The highest BCUT2D eigenvalue weighted by Crippen LogP contribution is 2.26. The molecule has 1 aromatic carbocycles. The standard InChI is InChI=1S/C12H16N2O2.C3H6O2/c1-15-5-2-6-16-10-7-9-3-4-14-12(9)11(13)8-10;1-2-5-3-4/h3-4,7-8,14H,2,5-6,13H2,1H3;3H,2H2,1H3. The van der Waals surface area contributed by atoms with Crippen molar-refractivity contribution in [3.8, 4) is 5.75 Å². The van der Waals surface area contributed by atoms with Gasteiger partial charge < -0.3 is 24.9 Å². The Bertz CT molecular complexity index is 539. The molecule has 0 amide bonds. The number of fused-ring (bicyclic) bond motifs is 1. The van der Waals surface area contributed by atoms with Crippen LogP contribution in [-0.2, 0) is 14.3 Å². The number of rotatable bonds is 7. The van der Waals surface area contributed by atoms with E-state index in [0.29, 0.717) is 32.0 Å². The van der Waals surface area contributed by atoms with Crippen molar-refractivity contribution in [2.24, 2.45) is 0 Å².